The van der Waals surface area contributed by atoms with Crippen molar-refractivity contribution in [2.24, 2.45) is 0 Å². The van der Waals surface area contributed by atoms with Crippen LogP contribution in [-0.2, 0) is 17.9 Å². The fraction of sp³-hybridized carbons (Fsp3) is 0.217. The predicted octanol–water partition coefficient (Wildman–Crippen LogP) is 3.88. The third-order valence-corrected chi connectivity index (χ3v) is 5.59. The molecule has 32 heavy (non-hydrogen) atoms. The van der Waals surface area contributed by atoms with Gasteiger partial charge in [-0.3, -0.25) is 9.59 Å². The predicted molar refractivity (Wildman–Crippen MR) is 123 cm³/mol. The highest BCUT2D eigenvalue weighted by atomic mass is 32.2. The normalized spacial score (nSPS) is 10.6. The first-order valence-corrected chi connectivity index (χ1v) is 10.9. The van der Waals surface area contributed by atoms with Crippen molar-refractivity contribution in [2.75, 3.05) is 11.1 Å². The summed E-state index contributed by atoms with van der Waals surface area (Å²) in [5, 5.41) is 14.3. The van der Waals surface area contributed by atoms with Crippen molar-refractivity contribution in [3.63, 3.8) is 0 Å². The van der Waals surface area contributed by atoms with Crippen molar-refractivity contribution in [1.29, 1.82) is 0 Å². The Morgan fingerprint density at radius 2 is 1.97 bits per heavy atom. The van der Waals surface area contributed by atoms with Crippen LogP contribution < -0.4 is 10.6 Å². The molecule has 3 rings (SSSR count). The fourth-order valence-corrected chi connectivity index (χ4v) is 3.81. The lowest BCUT2D eigenvalue weighted by molar-refractivity contribution is -0.113. The number of aryl methyl sites for hydroxylation is 2. The molecule has 2 aromatic carbocycles. The molecule has 0 spiro atoms. The zero-order valence-electron chi connectivity index (χ0n) is 17.9. The Morgan fingerprint density at radius 1 is 1.19 bits per heavy atom. The number of amides is 2. The summed E-state index contributed by atoms with van der Waals surface area (Å²) in [6.07, 6.45) is 1.67. The van der Waals surface area contributed by atoms with Crippen LogP contribution in [0.3, 0.4) is 0 Å². The number of carbonyl (C=O) groups excluding carboxylic acids is 2. The number of thioether (sulfide) groups is 1. The van der Waals surface area contributed by atoms with Crippen LogP contribution in [0.15, 0.2) is 60.3 Å². The smallest absolute Gasteiger partial charge is 0.254 e. The van der Waals surface area contributed by atoms with Crippen LogP contribution in [0.1, 0.15) is 27.3 Å². The molecule has 9 heteroatoms. The number of halogens is 1. The number of benzene rings is 2. The molecule has 0 aliphatic carbocycles. The molecule has 0 atom stereocenters. The van der Waals surface area contributed by atoms with E-state index in [0.29, 0.717) is 17.5 Å². The lowest BCUT2D eigenvalue weighted by Crippen LogP contribution is -2.25. The van der Waals surface area contributed by atoms with Crippen LogP contribution in [0.25, 0.3) is 0 Å². The second-order valence-corrected chi connectivity index (χ2v) is 8.06. The number of aromatic nitrogens is 3. The summed E-state index contributed by atoms with van der Waals surface area (Å²) in [5.74, 6) is -0.678. The lowest BCUT2D eigenvalue weighted by atomic mass is 10.1. The molecule has 2 N–H and O–H groups in total. The van der Waals surface area contributed by atoms with Crippen molar-refractivity contribution in [1.82, 2.24) is 20.1 Å². The van der Waals surface area contributed by atoms with E-state index in [1.165, 1.54) is 30.0 Å². The highest BCUT2D eigenvalue weighted by Crippen LogP contribution is 2.20. The highest BCUT2D eigenvalue weighted by Gasteiger charge is 2.16. The number of rotatable bonds is 9. The van der Waals surface area contributed by atoms with Gasteiger partial charge in [0.25, 0.3) is 5.91 Å². The first-order chi connectivity index (χ1) is 15.4. The molecular formula is C23H24FN5O2S. The van der Waals surface area contributed by atoms with Gasteiger partial charge in [-0.2, -0.15) is 0 Å². The van der Waals surface area contributed by atoms with Crippen LogP contribution >= 0.6 is 11.8 Å². The van der Waals surface area contributed by atoms with Gasteiger partial charge in [0.15, 0.2) is 11.0 Å². The SMILES string of the molecule is C=CCn1c(CNC(=O)c2ccccc2F)nnc1SCC(=O)Nc1ccc(C)cc1C. The summed E-state index contributed by atoms with van der Waals surface area (Å²) in [6.45, 7) is 8.14. The largest absolute Gasteiger partial charge is 0.345 e. The van der Waals surface area contributed by atoms with E-state index >= 15 is 0 Å². The number of hydrogen-bond donors (Lipinski definition) is 2. The highest BCUT2D eigenvalue weighted by molar-refractivity contribution is 7.99. The van der Waals surface area contributed by atoms with Gasteiger partial charge in [-0.15, -0.1) is 16.8 Å². The molecule has 7 nitrogen and oxygen atoms in total. The zero-order chi connectivity index (χ0) is 23.1. The van der Waals surface area contributed by atoms with Gasteiger partial charge in [0.2, 0.25) is 5.91 Å². The van der Waals surface area contributed by atoms with Crippen molar-refractivity contribution < 1.29 is 14.0 Å². The van der Waals surface area contributed by atoms with E-state index in [1.807, 2.05) is 32.0 Å². The molecule has 0 saturated carbocycles. The first-order valence-electron chi connectivity index (χ1n) is 9.94. The maximum atomic E-state index is 13.8. The molecule has 0 aliphatic rings. The summed E-state index contributed by atoms with van der Waals surface area (Å²) >= 11 is 1.23. The molecule has 0 fully saturated rings. The van der Waals surface area contributed by atoms with Gasteiger partial charge < -0.3 is 15.2 Å². The van der Waals surface area contributed by atoms with Gasteiger partial charge in [-0.25, -0.2) is 4.39 Å². The van der Waals surface area contributed by atoms with Crippen LogP contribution in [0, 0.1) is 19.7 Å². The Bertz CT molecular complexity index is 1150. The molecule has 0 unspecified atom stereocenters. The summed E-state index contributed by atoms with van der Waals surface area (Å²) in [7, 11) is 0. The molecule has 1 heterocycles. The van der Waals surface area contributed by atoms with Gasteiger partial charge in [0.05, 0.1) is 17.9 Å². The molecule has 1 aromatic heterocycles. The van der Waals surface area contributed by atoms with E-state index in [4.69, 9.17) is 0 Å². The lowest BCUT2D eigenvalue weighted by Gasteiger charge is -2.10. The van der Waals surface area contributed by atoms with E-state index in [1.54, 1.807) is 16.7 Å². The average molecular weight is 454 g/mol. The van der Waals surface area contributed by atoms with Crippen molar-refractivity contribution in [3.05, 3.63) is 83.5 Å². The van der Waals surface area contributed by atoms with Crippen molar-refractivity contribution in [2.45, 2.75) is 32.1 Å². The molecule has 0 aliphatic heterocycles. The number of allylic oxidation sites excluding steroid dienone is 1. The Balaban J connectivity index is 1.62. The second kappa shape index (κ2) is 10.7. The van der Waals surface area contributed by atoms with Crippen molar-refractivity contribution >= 4 is 29.3 Å². The monoisotopic (exact) mass is 453 g/mol. The minimum atomic E-state index is -0.594. The molecule has 2 amide bonds. The van der Waals surface area contributed by atoms with Gasteiger partial charge in [-0.05, 0) is 37.6 Å². The zero-order valence-corrected chi connectivity index (χ0v) is 18.7. The number of hydrogen-bond acceptors (Lipinski definition) is 5. The van der Waals surface area contributed by atoms with E-state index in [2.05, 4.69) is 27.4 Å². The van der Waals surface area contributed by atoms with Crippen LogP contribution in [0.5, 0.6) is 0 Å². The van der Waals surface area contributed by atoms with Crippen LogP contribution in [0.2, 0.25) is 0 Å². The number of carbonyl (C=O) groups is 2. The average Bonchev–Trinajstić information content (AvgIpc) is 3.15. The summed E-state index contributed by atoms with van der Waals surface area (Å²) in [6, 6.07) is 11.6. The summed E-state index contributed by atoms with van der Waals surface area (Å²) in [4.78, 5) is 24.7. The third-order valence-electron chi connectivity index (χ3n) is 4.62. The molecule has 0 bridgehead atoms. The number of nitrogens with one attached hydrogen (secondary N) is 2. The van der Waals surface area contributed by atoms with Gasteiger partial charge >= 0.3 is 0 Å². The third kappa shape index (κ3) is 5.82. The Morgan fingerprint density at radius 3 is 2.69 bits per heavy atom. The molecular weight excluding hydrogens is 429 g/mol. The van der Waals surface area contributed by atoms with E-state index in [0.717, 1.165) is 16.8 Å². The Hall–Kier alpha value is -3.46. The second-order valence-electron chi connectivity index (χ2n) is 7.12. The molecule has 166 valence electrons. The van der Waals surface area contributed by atoms with E-state index < -0.39 is 11.7 Å². The van der Waals surface area contributed by atoms with Crippen LogP contribution in [-0.4, -0.2) is 32.3 Å². The maximum Gasteiger partial charge on any atom is 0.254 e. The quantitative estimate of drug-likeness (QED) is 0.379. The maximum absolute atomic E-state index is 13.8. The number of anilines is 1. The van der Waals surface area contributed by atoms with Gasteiger partial charge in [-0.1, -0.05) is 47.7 Å². The van der Waals surface area contributed by atoms with E-state index in [-0.39, 0.29) is 23.8 Å². The molecule has 0 saturated heterocycles. The minimum Gasteiger partial charge on any atom is -0.345 e. The molecule has 3 aromatic rings. The van der Waals surface area contributed by atoms with Crippen LogP contribution in [0.4, 0.5) is 10.1 Å². The van der Waals surface area contributed by atoms with E-state index in [9.17, 15) is 14.0 Å². The summed E-state index contributed by atoms with van der Waals surface area (Å²) < 4.78 is 15.6. The topological polar surface area (TPSA) is 88.9 Å². The van der Waals surface area contributed by atoms with Gasteiger partial charge in [0.1, 0.15) is 5.82 Å². The summed E-state index contributed by atoms with van der Waals surface area (Å²) in [5.41, 5.74) is 2.85. The standard InChI is InChI=1S/C23H24FN5O2S/c1-4-11-29-20(13-25-22(31)17-7-5-6-8-18(17)24)27-28-23(29)32-14-21(30)26-19-10-9-15(2)12-16(19)3/h4-10,12H,1,11,13-14H2,2-3H3,(H,25,31)(H,26,30). The minimum absolute atomic E-state index is 0.0417. The first kappa shape index (κ1) is 23.2. The molecule has 0 radical (unpaired) electrons. The number of nitrogens with zero attached hydrogens (tertiary/aromatic N) is 3. The Labute approximate surface area is 190 Å². The Kier molecular flexibility index (Phi) is 7.77. The fourth-order valence-electron chi connectivity index (χ4n) is 3.04. The van der Waals surface area contributed by atoms with Gasteiger partial charge in [0, 0.05) is 12.2 Å². The van der Waals surface area contributed by atoms with Crippen molar-refractivity contribution in [3.8, 4) is 0 Å².